The van der Waals surface area contributed by atoms with Gasteiger partial charge in [-0.15, -0.1) is 0 Å². The van der Waals surface area contributed by atoms with Crippen molar-refractivity contribution in [1.82, 2.24) is 0 Å². The number of thioether (sulfide) groups is 1. The lowest BCUT2D eigenvalue weighted by Crippen LogP contribution is -2.45. The summed E-state index contributed by atoms with van der Waals surface area (Å²) in [4.78, 5) is 0. The molecule has 2 aliphatic rings. The van der Waals surface area contributed by atoms with E-state index in [0.717, 1.165) is 37.0 Å². The van der Waals surface area contributed by atoms with Crippen LogP contribution < -0.4 is 0 Å². The van der Waals surface area contributed by atoms with Crippen LogP contribution >= 0.6 is 11.8 Å². The van der Waals surface area contributed by atoms with Crippen LogP contribution in [0.25, 0.3) is 0 Å². The lowest BCUT2D eigenvalue weighted by molar-refractivity contribution is -0.115. The lowest BCUT2D eigenvalue weighted by atomic mass is 9.87. The van der Waals surface area contributed by atoms with Gasteiger partial charge >= 0.3 is 0 Å². The van der Waals surface area contributed by atoms with Crippen LogP contribution in [-0.2, 0) is 19.0 Å². The molecule has 0 N–H and O–H groups in total. The first-order chi connectivity index (χ1) is 7.49. The second kappa shape index (κ2) is 4.84. The molecule has 94 valence electrons. The Labute approximate surface area is 101 Å². The van der Waals surface area contributed by atoms with E-state index in [1.165, 1.54) is 0 Å². The highest BCUT2D eigenvalue weighted by Crippen LogP contribution is 2.38. The van der Waals surface area contributed by atoms with Crippen LogP contribution in [-0.4, -0.2) is 44.5 Å². The Hall–Kier alpha value is 0.220. The maximum Gasteiger partial charge on any atom is 0.264 e. The number of ether oxygens (including phenoxy) is 1. The molecule has 0 aromatic carbocycles. The fourth-order valence-corrected chi connectivity index (χ4v) is 4.30. The SMILES string of the molecule is CS(=O)(=O)O[C@@H]1CCOC2(CCSCC2)C1. The minimum atomic E-state index is -3.34. The minimum absolute atomic E-state index is 0.112. The van der Waals surface area contributed by atoms with Crippen molar-refractivity contribution < 1.29 is 17.3 Å². The molecule has 2 aliphatic heterocycles. The summed E-state index contributed by atoms with van der Waals surface area (Å²) >= 11 is 1.94. The number of hydrogen-bond acceptors (Lipinski definition) is 5. The van der Waals surface area contributed by atoms with E-state index in [1.54, 1.807) is 0 Å². The third kappa shape index (κ3) is 3.35. The van der Waals surface area contributed by atoms with Crippen LogP contribution in [0, 0.1) is 0 Å². The topological polar surface area (TPSA) is 52.6 Å². The Morgan fingerprint density at radius 3 is 2.69 bits per heavy atom. The van der Waals surface area contributed by atoms with Gasteiger partial charge in [-0.2, -0.15) is 20.2 Å². The fourth-order valence-electron chi connectivity index (χ4n) is 2.40. The Morgan fingerprint density at radius 1 is 1.38 bits per heavy atom. The fraction of sp³-hybridized carbons (Fsp3) is 1.00. The van der Waals surface area contributed by atoms with Crippen LogP contribution in [0.4, 0.5) is 0 Å². The second-order valence-corrected chi connectivity index (χ2v) is 7.38. The summed E-state index contributed by atoms with van der Waals surface area (Å²) in [6, 6.07) is 0. The summed E-state index contributed by atoms with van der Waals surface area (Å²) in [5, 5.41) is 0. The molecule has 0 aliphatic carbocycles. The highest BCUT2D eigenvalue weighted by molar-refractivity contribution is 7.99. The molecule has 0 aromatic rings. The van der Waals surface area contributed by atoms with Crippen LogP contribution in [0.15, 0.2) is 0 Å². The Balaban J connectivity index is 1.98. The van der Waals surface area contributed by atoms with Gasteiger partial charge in [-0.25, -0.2) is 0 Å². The van der Waals surface area contributed by atoms with E-state index < -0.39 is 10.1 Å². The Bertz CT molecular complexity index is 327. The van der Waals surface area contributed by atoms with Crippen LogP contribution in [0.3, 0.4) is 0 Å². The van der Waals surface area contributed by atoms with E-state index in [4.69, 9.17) is 8.92 Å². The molecule has 1 spiro atoms. The Morgan fingerprint density at radius 2 is 2.06 bits per heavy atom. The van der Waals surface area contributed by atoms with Gasteiger partial charge in [0.25, 0.3) is 10.1 Å². The van der Waals surface area contributed by atoms with Gasteiger partial charge in [-0.3, -0.25) is 4.18 Å². The van der Waals surface area contributed by atoms with Crippen molar-refractivity contribution in [3.63, 3.8) is 0 Å². The second-order valence-electron chi connectivity index (χ2n) is 4.56. The van der Waals surface area contributed by atoms with Gasteiger partial charge in [-0.05, 0) is 30.8 Å². The largest absolute Gasteiger partial charge is 0.375 e. The van der Waals surface area contributed by atoms with E-state index in [-0.39, 0.29) is 11.7 Å². The van der Waals surface area contributed by atoms with E-state index >= 15 is 0 Å². The van der Waals surface area contributed by atoms with Gasteiger partial charge in [-0.1, -0.05) is 0 Å². The minimum Gasteiger partial charge on any atom is -0.375 e. The molecule has 0 aromatic heterocycles. The summed E-state index contributed by atoms with van der Waals surface area (Å²) in [5.41, 5.74) is -0.112. The number of rotatable bonds is 2. The highest BCUT2D eigenvalue weighted by Gasteiger charge is 2.40. The van der Waals surface area contributed by atoms with Crippen molar-refractivity contribution in [3.05, 3.63) is 0 Å². The molecule has 0 amide bonds. The normalized spacial score (nSPS) is 30.4. The van der Waals surface area contributed by atoms with E-state index in [9.17, 15) is 8.42 Å². The molecule has 4 nitrogen and oxygen atoms in total. The van der Waals surface area contributed by atoms with Gasteiger partial charge < -0.3 is 4.74 Å². The summed E-state index contributed by atoms with van der Waals surface area (Å²) in [6.07, 6.45) is 4.36. The van der Waals surface area contributed by atoms with Gasteiger partial charge in [0.05, 0.1) is 18.0 Å². The predicted molar refractivity (Wildman–Crippen MR) is 64.2 cm³/mol. The smallest absolute Gasteiger partial charge is 0.264 e. The third-order valence-corrected chi connectivity index (χ3v) is 4.77. The van der Waals surface area contributed by atoms with Gasteiger partial charge in [0.2, 0.25) is 0 Å². The quantitative estimate of drug-likeness (QED) is 0.707. The first-order valence-corrected chi connectivity index (χ1v) is 8.56. The average Bonchev–Trinajstić information content (AvgIpc) is 2.16. The predicted octanol–water partition coefficient (Wildman–Crippen LogP) is 1.41. The molecule has 0 bridgehead atoms. The molecule has 0 saturated carbocycles. The molecule has 2 heterocycles. The van der Waals surface area contributed by atoms with E-state index in [1.807, 2.05) is 11.8 Å². The molecular weight excluding hydrogens is 248 g/mol. The maximum atomic E-state index is 11.1. The van der Waals surface area contributed by atoms with E-state index in [0.29, 0.717) is 13.0 Å². The Kier molecular flexibility index (Phi) is 3.83. The molecule has 0 unspecified atom stereocenters. The summed E-state index contributed by atoms with van der Waals surface area (Å²) < 4.78 is 33.2. The molecule has 2 rings (SSSR count). The van der Waals surface area contributed by atoms with Gasteiger partial charge in [0, 0.05) is 13.0 Å². The zero-order chi connectivity index (χ0) is 11.6. The van der Waals surface area contributed by atoms with Crippen molar-refractivity contribution in [3.8, 4) is 0 Å². The molecule has 2 fully saturated rings. The van der Waals surface area contributed by atoms with Crippen LogP contribution in [0.5, 0.6) is 0 Å². The monoisotopic (exact) mass is 266 g/mol. The molecule has 6 heteroatoms. The van der Waals surface area contributed by atoms with Gasteiger partial charge in [0.15, 0.2) is 0 Å². The van der Waals surface area contributed by atoms with E-state index in [2.05, 4.69) is 0 Å². The molecule has 0 radical (unpaired) electrons. The van der Waals surface area contributed by atoms with Crippen molar-refractivity contribution in [1.29, 1.82) is 0 Å². The summed E-state index contributed by atoms with van der Waals surface area (Å²) in [5.74, 6) is 2.21. The highest BCUT2D eigenvalue weighted by atomic mass is 32.2. The van der Waals surface area contributed by atoms with Crippen molar-refractivity contribution in [2.75, 3.05) is 24.4 Å². The van der Waals surface area contributed by atoms with Crippen molar-refractivity contribution in [2.45, 2.75) is 37.4 Å². The number of hydrogen-bond donors (Lipinski definition) is 0. The first kappa shape index (κ1) is 12.7. The first-order valence-electron chi connectivity index (χ1n) is 5.59. The molecule has 1 atom stereocenters. The van der Waals surface area contributed by atoms with Crippen LogP contribution in [0.2, 0.25) is 0 Å². The van der Waals surface area contributed by atoms with Crippen molar-refractivity contribution >= 4 is 21.9 Å². The lowest BCUT2D eigenvalue weighted by Gasteiger charge is -2.42. The van der Waals surface area contributed by atoms with Crippen LogP contribution in [0.1, 0.15) is 25.7 Å². The summed E-state index contributed by atoms with van der Waals surface area (Å²) in [6.45, 7) is 0.616. The zero-order valence-electron chi connectivity index (χ0n) is 9.48. The zero-order valence-corrected chi connectivity index (χ0v) is 11.1. The molecule has 2 saturated heterocycles. The molecule has 16 heavy (non-hydrogen) atoms. The van der Waals surface area contributed by atoms with Gasteiger partial charge in [0.1, 0.15) is 0 Å². The molecular formula is C10H18O4S2. The summed E-state index contributed by atoms with van der Waals surface area (Å²) in [7, 11) is -3.34. The average molecular weight is 266 g/mol. The standard InChI is InChI=1S/C10H18O4S2/c1-16(11,12)14-9-2-5-13-10(8-9)3-6-15-7-4-10/h9H,2-8H2,1H3/t9-/m1/s1. The third-order valence-electron chi connectivity index (χ3n) is 3.16. The maximum absolute atomic E-state index is 11.1. The van der Waals surface area contributed by atoms with Crippen molar-refractivity contribution in [2.24, 2.45) is 0 Å².